The van der Waals surface area contributed by atoms with Crippen LogP contribution in [0.3, 0.4) is 0 Å². The van der Waals surface area contributed by atoms with Crippen molar-refractivity contribution in [2.75, 3.05) is 64.3 Å². The van der Waals surface area contributed by atoms with E-state index in [1.807, 2.05) is 30.3 Å². The number of carboxylic acid groups (broad SMARTS) is 1. The molecular formula is C29H42N6O3. The highest BCUT2D eigenvalue weighted by molar-refractivity contribution is 6.07. The average Bonchev–Trinajstić information content (AvgIpc) is 2.95. The lowest BCUT2D eigenvalue weighted by Crippen LogP contribution is -2.52. The first-order valence-electron chi connectivity index (χ1n) is 14.3. The van der Waals surface area contributed by atoms with Crippen molar-refractivity contribution in [2.24, 2.45) is 11.8 Å². The standard InChI is InChI=1S/C29H42N6O3/c1-33-14-16-34(17-15-33)23-10-12-35(13-11-23)27-18-25(24-4-2-3-5-26(24)32-27)28(36)30-19-21-6-8-22(9-7-21)20-31-29(37)38/h2-5,18,21-23,31H,6-17,19-20H2,1H3,(H,30,36)(H,37,38)/t21-,22-. The zero-order valence-corrected chi connectivity index (χ0v) is 22.6. The summed E-state index contributed by atoms with van der Waals surface area (Å²) in [6, 6.07) is 10.6. The number of para-hydroxylation sites is 1. The Bertz CT molecular complexity index is 1100. The van der Waals surface area contributed by atoms with Gasteiger partial charge in [0.25, 0.3) is 5.91 Å². The number of hydrogen-bond donors (Lipinski definition) is 3. The van der Waals surface area contributed by atoms with Gasteiger partial charge in [-0.15, -0.1) is 0 Å². The monoisotopic (exact) mass is 522 g/mol. The lowest BCUT2D eigenvalue weighted by atomic mass is 9.82. The lowest BCUT2D eigenvalue weighted by molar-refractivity contribution is 0.0942. The SMILES string of the molecule is CN1CCN(C2CCN(c3cc(C(=O)NC[C@H]4CC[C@H](CNC(=O)O)CC4)c4ccccc4n3)CC2)CC1. The third-order valence-corrected chi connectivity index (χ3v) is 8.85. The number of pyridine rings is 1. The van der Waals surface area contributed by atoms with Gasteiger partial charge in [-0.05, 0) is 69.5 Å². The molecule has 9 heteroatoms. The molecular weight excluding hydrogens is 480 g/mol. The first-order chi connectivity index (χ1) is 18.5. The van der Waals surface area contributed by atoms with Crippen LogP contribution in [-0.4, -0.2) is 97.3 Å². The fourth-order valence-electron chi connectivity index (χ4n) is 6.36. The molecule has 3 fully saturated rings. The molecule has 2 aromatic rings. The van der Waals surface area contributed by atoms with Crippen molar-refractivity contribution in [1.29, 1.82) is 0 Å². The Morgan fingerprint density at radius 1 is 0.895 bits per heavy atom. The molecule has 38 heavy (non-hydrogen) atoms. The molecule has 3 N–H and O–H groups in total. The van der Waals surface area contributed by atoms with Crippen molar-refractivity contribution in [1.82, 2.24) is 25.4 Å². The number of aromatic nitrogens is 1. The molecule has 0 unspecified atom stereocenters. The van der Waals surface area contributed by atoms with E-state index in [1.165, 1.54) is 0 Å². The van der Waals surface area contributed by atoms with Crippen LogP contribution in [0, 0.1) is 11.8 Å². The first kappa shape index (κ1) is 26.7. The highest BCUT2D eigenvalue weighted by Crippen LogP contribution is 2.29. The number of nitrogens with zero attached hydrogens (tertiary/aromatic N) is 4. The minimum absolute atomic E-state index is 0.0353. The zero-order valence-electron chi connectivity index (χ0n) is 22.6. The van der Waals surface area contributed by atoms with E-state index in [9.17, 15) is 9.59 Å². The van der Waals surface area contributed by atoms with Crippen LogP contribution >= 0.6 is 0 Å². The van der Waals surface area contributed by atoms with Gasteiger partial charge < -0.3 is 25.5 Å². The Labute approximate surface area is 225 Å². The summed E-state index contributed by atoms with van der Waals surface area (Å²) in [5.41, 5.74) is 1.56. The number of carbonyl (C=O) groups excluding carboxylic acids is 1. The number of hydrogen-bond acceptors (Lipinski definition) is 6. The Hall–Kier alpha value is -2.91. The maximum Gasteiger partial charge on any atom is 0.404 e. The summed E-state index contributed by atoms with van der Waals surface area (Å²) >= 11 is 0. The molecule has 2 amide bonds. The molecule has 0 spiro atoms. The molecule has 5 rings (SSSR count). The van der Waals surface area contributed by atoms with Gasteiger partial charge in [-0.25, -0.2) is 9.78 Å². The number of rotatable bonds is 7. The zero-order chi connectivity index (χ0) is 26.5. The van der Waals surface area contributed by atoms with E-state index < -0.39 is 6.09 Å². The van der Waals surface area contributed by atoms with Crippen LogP contribution in [0.25, 0.3) is 10.9 Å². The molecule has 0 atom stereocenters. The molecule has 1 aliphatic carbocycles. The molecule has 2 saturated heterocycles. The van der Waals surface area contributed by atoms with Gasteiger partial charge in [-0.3, -0.25) is 9.69 Å². The van der Waals surface area contributed by atoms with Crippen molar-refractivity contribution >= 4 is 28.7 Å². The lowest BCUT2D eigenvalue weighted by Gasteiger charge is -2.42. The molecule has 9 nitrogen and oxygen atoms in total. The molecule has 1 aromatic carbocycles. The van der Waals surface area contributed by atoms with Crippen molar-refractivity contribution < 1.29 is 14.7 Å². The maximum absolute atomic E-state index is 13.4. The predicted molar refractivity (Wildman–Crippen MR) is 150 cm³/mol. The van der Waals surface area contributed by atoms with Crippen LogP contribution in [0.5, 0.6) is 0 Å². The second kappa shape index (κ2) is 12.3. The van der Waals surface area contributed by atoms with Gasteiger partial charge in [0.15, 0.2) is 0 Å². The Morgan fingerprint density at radius 2 is 1.53 bits per heavy atom. The van der Waals surface area contributed by atoms with Crippen molar-refractivity contribution in [3.05, 3.63) is 35.9 Å². The molecule has 2 aliphatic heterocycles. The number of benzene rings is 1. The first-order valence-corrected chi connectivity index (χ1v) is 14.3. The molecule has 206 valence electrons. The summed E-state index contributed by atoms with van der Waals surface area (Å²) in [7, 11) is 2.20. The van der Waals surface area contributed by atoms with E-state index in [2.05, 4.69) is 32.4 Å². The molecule has 1 saturated carbocycles. The highest BCUT2D eigenvalue weighted by Gasteiger charge is 2.28. The highest BCUT2D eigenvalue weighted by atomic mass is 16.4. The number of nitrogens with one attached hydrogen (secondary N) is 2. The fourth-order valence-corrected chi connectivity index (χ4v) is 6.36. The van der Waals surface area contributed by atoms with E-state index in [-0.39, 0.29) is 5.91 Å². The third kappa shape index (κ3) is 6.56. The summed E-state index contributed by atoms with van der Waals surface area (Å²) in [6.45, 7) is 7.70. The van der Waals surface area contributed by atoms with Crippen molar-refractivity contribution in [3.8, 4) is 0 Å². The van der Waals surface area contributed by atoms with E-state index in [0.29, 0.717) is 36.5 Å². The molecule has 3 heterocycles. The van der Waals surface area contributed by atoms with E-state index in [1.54, 1.807) is 0 Å². The number of piperidine rings is 1. The smallest absolute Gasteiger partial charge is 0.404 e. The van der Waals surface area contributed by atoms with Gasteiger partial charge in [-0.1, -0.05) is 18.2 Å². The average molecular weight is 523 g/mol. The molecule has 3 aliphatic rings. The van der Waals surface area contributed by atoms with Crippen molar-refractivity contribution in [2.45, 2.75) is 44.6 Å². The van der Waals surface area contributed by atoms with Crippen molar-refractivity contribution in [3.63, 3.8) is 0 Å². The van der Waals surface area contributed by atoms with Crippen LogP contribution in [0.1, 0.15) is 48.9 Å². The molecule has 0 bridgehead atoms. The van der Waals surface area contributed by atoms with Crippen LogP contribution in [0.2, 0.25) is 0 Å². The number of anilines is 1. The largest absolute Gasteiger partial charge is 0.465 e. The van der Waals surface area contributed by atoms with E-state index in [4.69, 9.17) is 10.1 Å². The molecule has 1 aromatic heterocycles. The van der Waals surface area contributed by atoms with Crippen LogP contribution < -0.4 is 15.5 Å². The van der Waals surface area contributed by atoms with Gasteiger partial charge in [-0.2, -0.15) is 0 Å². The second-order valence-corrected chi connectivity index (χ2v) is 11.4. The van der Waals surface area contributed by atoms with Crippen LogP contribution in [0.4, 0.5) is 10.6 Å². The van der Waals surface area contributed by atoms with Gasteiger partial charge in [0.1, 0.15) is 5.82 Å². The summed E-state index contributed by atoms with van der Waals surface area (Å²) in [5, 5.41) is 15.4. The quantitative estimate of drug-likeness (QED) is 0.513. The summed E-state index contributed by atoms with van der Waals surface area (Å²) in [4.78, 5) is 36.5. The van der Waals surface area contributed by atoms with Gasteiger partial charge in [0, 0.05) is 63.8 Å². The van der Waals surface area contributed by atoms with Crippen LogP contribution in [0.15, 0.2) is 30.3 Å². The van der Waals surface area contributed by atoms with Crippen LogP contribution in [-0.2, 0) is 0 Å². The minimum Gasteiger partial charge on any atom is -0.465 e. The number of carbonyl (C=O) groups is 2. The number of amides is 2. The van der Waals surface area contributed by atoms with Gasteiger partial charge >= 0.3 is 6.09 Å². The maximum atomic E-state index is 13.4. The third-order valence-electron chi connectivity index (χ3n) is 8.85. The number of fused-ring (bicyclic) bond motifs is 1. The summed E-state index contributed by atoms with van der Waals surface area (Å²) < 4.78 is 0. The van der Waals surface area contributed by atoms with Gasteiger partial charge in [0.2, 0.25) is 0 Å². The number of likely N-dealkylation sites (N-methyl/N-ethyl adjacent to an activating group) is 1. The molecule has 0 radical (unpaired) electrons. The summed E-state index contributed by atoms with van der Waals surface area (Å²) in [5.74, 6) is 1.69. The predicted octanol–water partition coefficient (Wildman–Crippen LogP) is 3.25. The Kier molecular flexibility index (Phi) is 8.64. The second-order valence-electron chi connectivity index (χ2n) is 11.4. The topological polar surface area (TPSA) is 101 Å². The van der Waals surface area contributed by atoms with E-state index >= 15 is 0 Å². The summed E-state index contributed by atoms with van der Waals surface area (Å²) in [6.07, 6.45) is 5.31. The Balaban J connectivity index is 1.20. The van der Waals surface area contributed by atoms with E-state index in [0.717, 1.165) is 94.5 Å². The Morgan fingerprint density at radius 3 is 2.18 bits per heavy atom. The minimum atomic E-state index is -0.956. The normalized spacial score (nSPS) is 23.9. The fraction of sp³-hybridized carbons (Fsp3) is 0.621. The van der Waals surface area contributed by atoms with Gasteiger partial charge in [0.05, 0.1) is 11.1 Å². The number of piperazine rings is 1.